The second-order valence-corrected chi connectivity index (χ2v) is 11.7. The smallest absolute Gasteiger partial charge is 0.430 e. The molecule has 0 aliphatic heterocycles. The van der Waals surface area contributed by atoms with Crippen LogP contribution in [0.3, 0.4) is 0 Å². The lowest BCUT2D eigenvalue weighted by atomic mass is 10.0. The van der Waals surface area contributed by atoms with Gasteiger partial charge in [0.25, 0.3) is 5.91 Å². The zero-order valence-electron chi connectivity index (χ0n) is 26.8. The molecule has 47 heavy (non-hydrogen) atoms. The van der Waals surface area contributed by atoms with Crippen molar-refractivity contribution in [1.29, 1.82) is 0 Å². The van der Waals surface area contributed by atoms with Crippen LogP contribution in [0, 0.1) is 17.6 Å². The average Bonchev–Trinajstić information content (AvgIpc) is 3.02. The molecule has 2 aromatic carbocycles. The summed E-state index contributed by atoms with van der Waals surface area (Å²) in [7, 11) is 0. The quantitative estimate of drug-likeness (QED) is 0.175. The third kappa shape index (κ3) is 9.46. The molecule has 0 bridgehead atoms. The molecule has 2 amide bonds. The van der Waals surface area contributed by atoms with Gasteiger partial charge in [-0.25, -0.2) is 23.3 Å². The molecule has 0 radical (unpaired) electrons. The SMILES string of the molecule is C=CC(C)N(C(=O)OC(C)(C)C)n1cc(C(=O)NCc2ccc(F)cc2F)c(=O)c(OCc2ccccc2)c1C(=O)C[C@H](C=C)CO. The highest BCUT2D eigenvalue weighted by Crippen LogP contribution is 2.24. The second-order valence-electron chi connectivity index (χ2n) is 11.7. The predicted octanol–water partition coefficient (Wildman–Crippen LogP) is 5.45. The van der Waals surface area contributed by atoms with Crippen LogP contribution >= 0.6 is 0 Å². The maximum absolute atomic E-state index is 14.3. The number of carbonyl (C=O) groups is 3. The van der Waals surface area contributed by atoms with Crippen molar-refractivity contribution >= 4 is 17.8 Å². The van der Waals surface area contributed by atoms with Crippen LogP contribution < -0.4 is 20.5 Å². The van der Waals surface area contributed by atoms with Gasteiger partial charge in [0.15, 0.2) is 17.2 Å². The second kappa shape index (κ2) is 15.9. The van der Waals surface area contributed by atoms with Crippen molar-refractivity contribution in [3.63, 3.8) is 0 Å². The number of aliphatic hydroxyl groups excluding tert-OH is 1. The first kappa shape index (κ1) is 36.4. The lowest BCUT2D eigenvalue weighted by molar-refractivity contribution is 0.0525. The van der Waals surface area contributed by atoms with E-state index in [1.165, 1.54) is 12.2 Å². The number of Topliss-reactive ketones (excluding diaryl/α,β-unsaturated/α-hetero) is 1. The van der Waals surface area contributed by atoms with E-state index < -0.39 is 82.6 Å². The number of benzene rings is 2. The maximum atomic E-state index is 14.3. The Morgan fingerprint density at radius 3 is 2.34 bits per heavy atom. The van der Waals surface area contributed by atoms with Gasteiger partial charge in [-0.3, -0.25) is 14.4 Å². The van der Waals surface area contributed by atoms with Crippen LogP contribution in [0.25, 0.3) is 0 Å². The van der Waals surface area contributed by atoms with Gasteiger partial charge >= 0.3 is 6.09 Å². The number of carbonyl (C=O) groups excluding carboxylic acids is 3. The van der Waals surface area contributed by atoms with Crippen LogP contribution in [0.4, 0.5) is 13.6 Å². The van der Waals surface area contributed by atoms with Crippen molar-refractivity contribution in [2.45, 2.75) is 58.9 Å². The van der Waals surface area contributed by atoms with Crippen molar-refractivity contribution in [2.75, 3.05) is 11.6 Å². The zero-order chi connectivity index (χ0) is 34.9. The molecule has 250 valence electrons. The summed E-state index contributed by atoms with van der Waals surface area (Å²) in [5.74, 6) is -4.69. The third-order valence-corrected chi connectivity index (χ3v) is 6.89. The number of aliphatic hydroxyl groups is 1. The zero-order valence-corrected chi connectivity index (χ0v) is 26.8. The lowest BCUT2D eigenvalue weighted by Gasteiger charge is -2.34. The number of nitrogens with zero attached hydrogens (tertiary/aromatic N) is 2. The Labute approximate surface area is 271 Å². The fraction of sp³-hybridized carbons (Fsp3) is 0.314. The Kier molecular flexibility index (Phi) is 12.3. The van der Waals surface area contributed by atoms with E-state index in [1.54, 1.807) is 58.0 Å². The minimum atomic E-state index is -0.995. The van der Waals surface area contributed by atoms with Crippen LogP contribution in [-0.2, 0) is 17.9 Å². The topological polar surface area (TPSA) is 127 Å². The number of hydrogen-bond acceptors (Lipinski definition) is 7. The Bertz CT molecular complexity index is 1680. The summed E-state index contributed by atoms with van der Waals surface area (Å²) in [6.07, 6.45) is 2.48. The molecule has 3 aromatic rings. The number of rotatable bonds is 14. The molecule has 2 atom stereocenters. The highest BCUT2D eigenvalue weighted by atomic mass is 19.1. The fourth-order valence-corrected chi connectivity index (χ4v) is 4.38. The summed E-state index contributed by atoms with van der Waals surface area (Å²) in [5.41, 5.74) is -2.36. The summed E-state index contributed by atoms with van der Waals surface area (Å²) < 4.78 is 40.4. The van der Waals surface area contributed by atoms with Gasteiger partial charge in [0, 0.05) is 43.3 Å². The van der Waals surface area contributed by atoms with E-state index in [1.807, 2.05) is 0 Å². The molecule has 0 aliphatic carbocycles. The molecular weight excluding hydrogens is 612 g/mol. The first-order chi connectivity index (χ1) is 22.2. The van der Waals surface area contributed by atoms with Gasteiger partial charge in [-0.15, -0.1) is 13.2 Å². The molecule has 0 saturated carbocycles. The first-order valence-corrected chi connectivity index (χ1v) is 14.8. The van der Waals surface area contributed by atoms with Gasteiger partial charge in [0.2, 0.25) is 5.43 Å². The van der Waals surface area contributed by atoms with E-state index in [2.05, 4.69) is 18.5 Å². The molecule has 10 nitrogen and oxygen atoms in total. The molecule has 1 aromatic heterocycles. The van der Waals surface area contributed by atoms with E-state index >= 15 is 0 Å². The van der Waals surface area contributed by atoms with Crippen LogP contribution in [-0.4, -0.2) is 45.8 Å². The molecule has 2 N–H and O–H groups in total. The largest absolute Gasteiger partial charge is 0.483 e. The highest BCUT2D eigenvalue weighted by Gasteiger charge is 2.34. The maximum Gasteiger partial charge on any atom is 0.430 e. The number of ketones is 1. The minimum Gasteiger partial charge on any atom is -0.483 e. The number of amides is 2. The lowest BCUT2D eigenvalue weighted by Crippen LogP contribution is -2.51. The third-order valence-electron chi connectivity index (χ3n) is 6.89. The Balaban J connectivity index is 2.30. The van der Waals surface area contributed by atoms with Gasteiger partial charge in [-0.2, -0.15) is 0 Å². The van der Waals surface area contributed by atoms with Crippen LogP contribution in [0.1, 0.15) is 66.1 Å². The van der Waals surface area contributed by atoms with E-state index in [9.17, 15) is 33.1 Å². The summed E-state index contributed by atoms with van der Waals surface area (Å²) in [6.45, 7) is 12.8. The minimum absolute atomic E-state index is 0.0532. The Morgan fingerprint density at radius 2 is 1.77 bits per heavy atom. The van der Waals surface area contributed by atoms with Gasteiger partial charge in [-0.1, -0.05) is 48.6 Å². The fourth-order valence-electron chi connectivity index (χ4n) is 4.38. The highest BCUT2D eigenvalue weighted by molar-refractivity contribution is 6.00. The molecule has 0 fully saturated rings. The molecule has 1 unspecified atom stereocenters. The van der Waals surface area contributed by atoms with E-state index in [0.29, 0.717) is 11.6 Å². The number of pyridine rings is 1. The molecule has 12 heteroatoms. The van der Waals surface area contributed by atoms with E-state index in [-0.39, 0.29) is 18.6 Å². The number of hydrogen-bond donors (Lipinski definition) is 2. The van der Waals surface area contributed by atoms with Gasteiger partial charge in [-0.05, 0) is 39.3 Å². The number of nitrogens with one attached hydrogen (secondary N) is 1. The summed E-state index contributed by atoms with van der Waals surface area (Å²) in [5, 5.41) is 13.2. The predicted molar refractivity (Wildman–Crippen MR) is 173 cm³/mol. The van der Waals surface area contributed by atoms with Crippen LogP contribution in [0.2, 0.25) is 0 Å². The Morgan fingerprint density at radius 1 is 1.09 bits per heavy atom. The number of halogens is 2. The summed E-state index contributed by atoms with van der Waals surface area (Å²) >= 11 is 0. The van der Waals surface area contributed by atoms with E-state index in [4.69, 9.17) is 9.47 Å². The monoisotopic (exact) mass is 651 g/mol. The number of aromatic nitrogens is 1. The molecule has 0 spiro atoms. The number of ether oxygens (including phenoxy) is 2. The van der Waals surface area contributed by atoms with Crippen molar-refractivity contribution in [1.82, 2.24) is 9.99 Å². The van der Waals surface area contributed by atoms with Crippen molar-refractivity contribution in [3.8, 4) is 5.75 Å². The molecule has 3 rings (SSSR count). The molecule has 0 saturated heterocycles. The molecule has 1 heterocycles. The van der Waals surface area contributed by atoms with Crippen LogP contribution in [0.5, 0.6) is 5.75 Å². The normalized spacial score (nSPS) is 12.4. The standard InChI is InChI=1S/C35H39F2N3O7/c1-7-22(3)40(34(45)47-35(4,5)6)39-19-27(33(44)38-18-25-14-15-26(36)17-28(25)37)31(43)32(46-21-24-12-10-9-11-13-24)30(39)29(42)16-23(8-2)20-41/h7-15,17,19,22-23,41H,1-2,16,18,20-21H2,3-6H3,(H,38,44)/t22?,23-/m0/s1. The van der Waals surface area contributed by atoms with E-state index in [0.717, 1.165) is 28.0 Å². The first-order valence-electron chi connectivity index (χ1n) is 14.8. The summed E-state index contributed by atoms with van der Waals surface area (Å²) in [6, 6.07) is 10.7. The molecule has 0 aliphatic rings. The van der Waals surface area contributed by atoms with Crippen molar-refractivity contribution < 1.29 is 37.7 Å². The van der Waals surface area contributed by atoms with Crippen LogP contribution in [0.15, 0.2) is 84.8 Å². The summed E-state index contributed by atoms with van der Waals surface area (Å²) in [4.78, 5) is 55.2. The van der Waals surface area contributed by atoms with Crippen molar-refractivity contribution in [2.24, 2.45) is 5.92 Å². The Hall–Kier alpha value is -5.10. The van der Waals surface area contributed by atoms with Gasteiger partial charge in [0.1, 0.15) is 29.4 Å². The van der Waals surface area contributed by atoms with Gasteiger partial charge < -0.3 is 19.9 Å². The van der Waals surface area contributed by atoms with Crippen molar-refractivity contribution in [3.05, 3.63) is 124 Å². The molecular formula is C35H39F2N3O7. The van der Waals surface area contributed by atoms with Gasteiger partial charge in [0.05, 0.1) is 6.04 Å². The average molecular weight is 652 g/mol.